The number of hydrogen-bond acceptors (Lipinski definition) is 1. The molecule has 0 saturated carbocycles. The van der Waals surface area contributed by atoms with E-state index in [1.54, 1.807) is 13.0 Å². The van der Waals surface area contributed by atoms with Crippen LogP contribution in [0.25, 0.3) is 6.08 Å². The number of benzene rings is 1. The predicted molar refractivity (Wildman–Crippen MR) is 60.4 cm³/mol. The third kappa shape index (κ3) is 3.00. The van der Waals surface area contributed by atoms with E-state index in [0.29, 0.717) is 5.57 Å². The molecule has 0 saturated heterocycles. The van der Waals surface area contributed by atoms with Crippen molar-refractivity contribution in [2.75, 3.05) is 0 Å². The van der Waals surface area contributed by atoms with Gasteiger partial charge in [0.05, 0.1) is 0 Å². The van der Waals surface area contributed by atoms with Crippen LogP contribution in [0.2, 0.25) is 0 Å². The summed E-state index contributed by atoms with van der Waals surface area (Å²) in [6.45, 7) is 1.58. The van der Waals surface area contributed by atoms with Gasteiger partial charge in [-0.2, -0.15) is 0 Å². The SMILES string of the molecule is C/C(=C\c1ccc(CBr)cc1)C(=O)O. The molecule has 1 aromatic carbocycles. The zero-order valence-electron chi connectivity index (χ0n) is 7.83. The van der Waals surface area contributed by atoms with Gasteiger partial charge in [-0.1, -0.05) is 40.2 Å². The van der Waals surface area contributed by atoms with Crippen molar-refractivity contribution in [2.24, 2.45) is 0 Å². The molecule has 2 nitrogen and oxygen atoms in total. The monoisotopic (exact) mass is 254 g/mol. The van der Waals surface area contributed by atoms with Crippen molar-refractivity contribution in [3.8, 4) is 0 Å². The molecule has 14 heavy (non-hydrogen) atoms. The highest BCUT2D eigenvalue weighted by Crippen LogP contribution is 2.11. The van der Waals surface area contributed by atoms with Crippen LogP contribution in [0.1, 0.15) is 18.1 Å². The number of halogens is 1. The summed E-state index contributed by atoms with van der Waals surface area (Å²) in [6, 6.07) is 7.75. The summed E-state index contributed by atoms with van der Waals surface area (Å²) < 4.78 is 0. The molecule has 0 unspecified atom stereocenters. The molecule has 0 heterocycles. The minimum atomic E-state index is -0.880. The van der Waals surface area contributed by atoms with Crippen LogP contribution < -0.4 is 0 Å². The van der Waals surface area contributed by atoms with Crippen molar-refractivity contribution < 1.29 is 9.90 Å². The summed E-state index contributed by atoms with van der Waals surface area (Å²) in [5.74, 6) is -0.880. The van der Waals surface area contributed by atoms with Gasteiger partial charge in [-0.25, -0.2) is 4.79 Å². The van der Waals surface area contributed by atoms with Gasteiger partial charge in [-0.05, 0) is 24.1 Å². The molecule has 0 radical (unpaired) electrons. The van der Waals surface area contributed by atoms with Crippen LogP contribution in [-0.2, 0) is 10.1 Å². The molecule has 1 aromatic rings. The Bertz CT molecular complexity index is 352. The molecule has 0 amide bonds. The molecule has 74 valence electrons. The van der Waals surface area contributed by atoms with E-state index in [1.165, 1.54) is 5.56 Å². The van der Waals surface area contributed by atoms with Gasteiger partial charge in [0.25, 0.3) is 0 Å². The van der Waals surface area contributed by atoms with Crippen LogP contribution in [0, 0.1) is 0 Å². The highest BCUT2D eigenvalue weighted by molar-refractivity contribution is 9.08. The van der Waals surface area contributed by atoms with Gasteiger partial charge in [0.2, 0.25) is 0 Å². The van der Waals surface area contributed by atoms with E-state index >= 15 is 0 Å². The molecule has 0 atom stereocenters. The lowest BCUT2D eigenvalue weighted by atomic mass is 10.1. The number of rotatable bonds is 3. The Labute approximate surface area is 91.4 Å². The van der Waals surface area contributed by atoms with Crippen molar-refractivity contribution in [3.63, 3.8) is 0 Å². The average molecular weight is 255 g/mol. The van der Waals surface area contributed by atoms with Crippen LogP contribution in [0.4, 0.5) is 0 Å². The Morgan fingerprint density at radius 3 is 2.43 bits per heavy atom. The summed E-state index contributed by atoms with van der Waals surface area (Å²) in [5.41, 5.74) is 2.43. The Kier molecular flexibility index (Phi) is 3.89. The van der Waals surface area contributed by atoms with E-state index in [1.807, 2.05) is 24.3 Å². The molecule has 0 aliphatic carbocycles. The minimum absolute atomic E-state index is 0.344. The maximum Gasteiger partial charge on any atom is 0.331 e. The predicted octanol–water partition coefficient (Wildman–Crippen LogP) is 3.07. The van der Waals surface area contributed by atoms with E-state index in [-0.39, 0.29) is 0 Å². The highest BCUT2D eigenvalue weighted by atomic mass is 79.9. The fraction of sp³-hybridized carbons (Fsp3) is 0.182. The zero-order chi connectivity index (χ0) is 10.6. The molecular weight excluding hydrogens is 244 g/mol. The second-order valence-corrected chi connectivity index (χ2v) is 3.57. The number of hydrogen-bond donors (Lipinski definition) is 1. The van der Waals surface area contributed by atoms with Crippen molar-refractivity contribution in [3.05, 3.63) is 41.0 Å². The van der Waals surface area contributed by atoms with E-state index in [9.17, 15) is 4.79 Å². The van der Waals surface area contributed by atoms with Crippen molar-refractivity contribution in [1.29, 1.82) is 0 Å². The molecule has 1 rings (SSSR count). The summed E-state index contributed by atoms with van der Waals surface area (Å²) in [4.78, 5) is 10.6. The Morgan fingerprint density at radius 1 is 1.43 bits per heavy atom. The molecule has 0 spiro atoms. The Hall–Kier alpha value is -1.09. The third-order valence-corrected chi connectivity index (χ3v) is 2.50. The first-order chi connectivity index (χ1) is 6.63. The lowest BCUT2D eigenvalue weighted by Crippen LogP contribution is -1.95. The second kappa shape index (κ2) is 4.96. The summed E-state index contributed by atoms with van der Waals surface area (Å²) in [7, 11) is 0. The number of carboxylic acids is 1. The normalized spacial score (nSPS) is 11.4. The van der Waals surface area contributed by atoms with Crippen LogP contribution in [0.3, 0.4) is 0 Å². The first-order valence-electron chi connectivity index (χ1n) is 4.20. The minimum Gasteiger partial charge on any atom is -0.478 e. The van der Waals surface area contributed by atoms with Crippen molar-refractivity contribution in [2.45, 2.75) is 12.3 Å². The topological polar surface area (TPSA) is 37.3 Å². The van der Waals surface area contributed by atoms with Crippen LogP contribution in [0.5, 0.6) is 0 Å². The largest absolute Gasteiger partial charge is 0.478 e. The van der Waals surface area contributed by atoms with Gasteiger partial charge >= 0.3 is 5.97 Å². The quantitative estimate of drug-likeness (QED) is 0.665. The van der Waals surface area contributed by atoms with Gasteiger partial charge in [0, 0.05) is 10.9 Å². The molecule has 0 aliphatic rings. The highest BCUT2D eigenvalue weighted by Gasteiger charge is 1.99. The molecule has 0 fully saturated rings. The van der Waals surface area contributed by atoms with E-state index in [4.69, 9.17) is 5.11 Å². The van der Waals surface area contributed by atoms with Gasteiger partial charge in [0.15, 0.2) is 0 Å². The molecule has 0 bridgehead atoms. The van der Waals surface area contributed by atoms with Crippen LogP contribution in [-0.4, -0.2) is 11.1 Å². The molecule has 0 aromatic heterocycles. The first-order valence-corrected chi connectivity index (χ1v) is 5.32. The fourth-order valence-electron chi connectivity index (χ4n) is 1.01. The lowest BCUT2D eigenvalue weighted by Gasteiger charge is -1.97. The second-order valence-electron chi connectivity index (χ2n) is 3.01. The maximum atomic E-state index is 10.6. The van der Waals surface area contributed by atoms with Gasteiger partial charge < -0.3 is 5.11 Å². The maximum absolute atomic E-state index is 10.6. The Balaban J connectivity index is 2.88. The fourth-order valence-corrected chi connectivity index (χ4v) is 1.39. The molecule has 0 aliphatic heterocycles. The summed E-state index contributed by atoms with van der Waals surface area (Å²) >= 11 is 3.35. The van der Waals surface area contributed by atoms with E-state index in [0.717, 1.165) is 10.9 Å². The van der Waals surface area contributed by atoms with E-state index < -0.39 is 5.97 Å². The van der Waals surface area contributed by atoms with Gasteiger partial charge in [0.1, 0.15) is 0 Å². The van der Waals surface area contributed by atoms with Gasteiger partial charge in [-0.15, -0.1) is 0 Å². The molecule has 3 heteroatoms. The summed E-state index contributed by atoms with van der Waals surface area (Å²) in [6.07, 6.45) is 1.65. The van der Waals surface area contributed by atoms with Crippen molar-refractivity contribution >= 4 is 28.0 Å². The number of carboxylic acid groups (broad SMARTS) is 1. The van der Waals surface area contributed by atoms with E-state index in [2.05, 4.69) is 15.9 Å². The average Bonchev–Trinajstić information content (AvgIpc) is 2.19. The van der Waals surface area contributed by atoms with Gasteiger partial charge in [-0.3, -0.25) is 0 Å². The number of aliphatic carboxylic acids is 1. The number of alkyl halides is 1. The smallest absolute Gasteiger partial charge is 0.331 e. The van der Waals surface area contributed by atoms with Crippen LogP contribution >= 0.6 is 15.9 Å². The van der Waals surface area contributed by atoms with Crippen LogP contribution in [0.15, 0.2) is 29.8 Å². The first kappa shape index (κ1) is 11.0. The number of carbonyl (C=O) groups is 1. The lowest BCUT2D eigenvalue weighted by molar-refractivity contribution is -0.132. The van der Waals surface area contributed by atoms with Crippen molar-refractivity contribution in [1.82, 2.24) is 0 Å². The molecule has 1 N–H and O–H groups in total. The zero-order valence-corrected chi connectivity index (χ0v) is 9.41. The third-order valence-electron chi connectivity index (χ3n) is 1.85. The summed E-state index contributed by atoms with van der Waals surface area (Å²) in [5, 5.41) is 9.48. The molecular formula is C11H11BrO2. The standard InChI is InChI=1S/C11H11BrO2/c1-8(11(13)14)6-9-2-4-10(7-12)5-3-9/h2-6H,7H2,1H3,(H,13,14)/b8-6+. The Morgan fingerprint density at radius 2 is 2.00 bits per heavy atom.